The molecule has 1 atom stereocenters. The molecule has 3 rings (SSSR count). The summed E-state index contributed by atoms with van der Waals surface area (Å²) in [4.78, 5) is 34.9. The summed E-state index contributed by atoms with van der Waals surface area (Å²) in [5.74, 6) is -3.52. The van der Waals surface area contributed by atoms with Crippen molar-refractivity contribution in [3.63, 3.8) is 0 Å². The van der Waals surface area contributed by atoms with Crippen molar-refractivity contribution in [1.82, 2.24) is 0 Å². The summed E-state index contributed by atoms with van der Waals surface area (Å²) in [7, 11) is 3.35. The van der Waals surface area contributed by atoms with Crippen LogP contribution in [-0.4, -0.2) is 80.9 Å². The van der Waals surface area contributed by atoms with E-state index in [0.29, 0.717) is 49.1 Å². The number of carboxylic acids is 2. The largest absolute Gasteiger partial charge is 0.497 e. The molecule has 1 fully saturated rings. The highest BCUT2D eigenvalue weighted by atomic mass is 19.4. The molecule has 0 aliphatic carbocycles. The van der Waals surface area contributed by atoms with Gasteiger partial charge in [-0.15, -0.1) is 0 Å². The first-order chi connectivity index (χ1) is 16.9. The van der Waals surface area contributed by atoms with Crippen LogP contribution in [0.15, 0.2) is 42.5 Å². The quantitative estimate of drug-likeness (QED) is 0.509. The Morgan fingerprint density at radius 3 is 2.25 bits per heavy atom. The standard InChI is InChI=1S/C21H24N2O6.C2HF3O2/c1-23(12-17-13-28-9-10-29-17)19-8-5-15(11-18(19)21(25)26)22-20(24)14-3-6-16(27-2)7-4-14;3-2(4,5)1(6)7/h3-8,11,17H,9-10,12-13H2,1-2H3,(H,22,24)(H,25,26);(H,6,7). The molecule has 196 valence electrons. The zero-order chi connectivity index (χ0) is 26.9. The molecule has 36 heavy (non-hydrogen) atoms. The van der Waals surface area contributed by atoms with Gasteiger partial charge in [0.1, 0.15) is 5.75 Å². The molecule has 0 saturated carbocycles. The average molecular weight is 514 g/mol. The molecule has 1 heterocycles. The van der Waals surface area contributed by atoms with Crippen molar-refractivity contribution in [3.8, 4) is 5.75 Å². The molecule has 10 nitrogen and oxygen atoms in total. The maximum absolute atomic E-state index is 12.4. The lowest BCUT2D eigenvalue weighted by Gasteiger charge is -2.29. The third-order valence-electron chi connectivity index (χ3n) is 4.85. The van der Waals surface area contributed by atoms with Gasteiger partial charge in [-0.05, 0) is 42.5 Å². The first-order valence-electron chi connectivity index (χ1n) is 10.5. The minimum atomic E-state index is -5.08. The number of nitrogens with zero attached hydrogens (tertiary/aromatic N) is 1. The van der Waals surface area contributed by atoms with Crippen LogP contribution in [0.25, 0.3) is 0 Å². The molecule has 1 saturated heterocycles. The number of nitrogens with one attached hydrogen (secondary N) is 1. The van der Waals surface area contributed by atoms with Gasteiger partial charge in [0.25, 0.3) is 5.91 Å². The van der Waals surface area contributed by atoms with E-state index >= 15 is 0 Å². The maximum atomic E-state index is 12.4. The number of hydrogen-bond acceptors (Lipinski definition) is 7. The summed E-state index contributed by atoms with van der Waals surface area (Å²) in [5, 5.41) is 19.5. The lowest BCUT2D eigenvalue weighted by atomic mass is 10.1. The van der Waals surface area contributed by atoms with Crippen molar-refractivity contribution in [2.24, 2.45) is 0 Å². The second kappa shape index (κ2) is 12.7. The van der Waals surface area contributed by atoms with E-state index in [1.165, 1.54) is 6.07 Å². The zero-order valence-electron chi connectivity index (χ0n) is 19.4. The summed E-state index contributed by atoms with van der Waals surface area (Å²) >= 11 is 0. The Morgan fingerprint density at radius 1 is 1.11 bits per heavy atom. The van der Waals surface area contributed by atoms with Gasteiger partial charge >= 0.3 is 18.1 Å². The molecule has 0 spiro atoms. The van der Waals surface area contributed by atoms with Gasteiger partial charge in [0.05, 0.1) is 44.3 Å². The number of amides is 1. The number of aromatic carboxylic acids is 1. The van der Waals surface area contributed by atoms with Gasteiger partial charge in [0, 0.05) is 24.8 Å². The van der Waals surface area contributed by atoms with Gasteiger partial charge in [0.2, 0.25) is 0 Å². The van der Waals surface area contributed by atoms with E-state index in [1.807, 2.05) is 4.90 Å². The number of rotatable bonds is 7. The third-order valence-corrected chi connectivity index (χ3v) is 4.85. The Hall–Kier alpha value is -3.84. The molecule has 2 aromatic carbocycles. The molecule has 2 aromatic rings. The van der Waals surface area contributed by atoms with Gasteiger partial charge in [-0.2, -0.15) is 13.2 Å². The van der Waals surface area contributed by atoms with Crippen molar-refractivity contribution < 1.29 is 52.0 Å². The SMILES string of the molecule is COc1ccc(C(=O)Nc2ccc(N(C)CC3COCCO3)c(C(=O)O)c2)cc1.O=C(O)C(F)(F)F. The van der Waals surface area contributed by atoms with Crippen molar-refractivity contribution >= 4 is 29.2 Å². The van der Waals surface area contributed by atoms with Crippen LogP contribution in [0.5, 0.6) is 5.75 Å². The van der Waals surface area contributed by atoms with Crippen molar-refractivity contribution in [1.29, 1.82) is 0 Å². The third kappa shape index (κ3) is 8.43. The lowest BCUT2D eigenvalue weighted by molar-refractivity contribution is -0.192. The van der Waals surface area contributed by atoms with Gasteiger partial charge in [-0.3, -0.25) is 4.79 Å². The minimum absolute atomic E-state index is 0.0942. The van der Waals surface area contributed by atoms with Crippen LogP contribution >= 0.6 is 0 Å². The van der Waals surface area contributed by atoms with Crippen LogP contribution in [-0.2, 0) is 14.3 Å². The minimum Gasteiger partial charge on any atom is -0.497 e. The molecule has 0 radical (unpaired) electrons. The van der Waals surface area contributed by atoms with E-state index in [4.69, 9.17) is 24.1 Å². The van der Waals surface area contributed by atoms with Crippen molar-refractivity contribution in [3.05, 3.63) is 53.6 Å². The normalized spacial score (nSPS) is 15.2. The van der Waals surface area contributed by atoms with E-state index in [0.717, 1.165) is 0 Å². The Morgan fingerprint density at radius 2 is 1.75 bits per heavy atom. The maximum Gasteiger partial charge on any atom is 0.490 e. The Kier molecular flexibility index (Phi) is 10.1. The predicted molar refractivity (Wildman–Crippen MR) is 122 cm³/mol. The fourth-order valence-electron chi connectivity index (χ4n) is 3.11. The van der Waals surface area contributed by atoms with E-state index in [1.54, 1.807) is 50.6 Å². The summed E-state index contributed by atoms with van der Waals surface area (Å²) < 4.78 is 47.8. The predicted octanol–water partition coefficient (Wildman–Crippen LogP) is 3.13. The molecule has 1 unspecified atom stereocenters. The Labute approximate surface area is 204 Å². The number of carbonyl (C=O) groups excluding carboxylic acids is 1. The summed E-state index contributed by atoms with van der Waals surface area (Å²) in [5.41, 5.74) is 1.47. The van der Waals surface area contributed by atoms with E-state index < -0.39 is 18.1 Å². The first kappa shape index (κ1) is 28.4. The summed E-state index contributed by atoms with van der Waals surface area (Å²) in [6.07, 6.45) is -5.20. The fraction of sp³-hybridized carbons (Fsp3) is 0.348. The number of carbonyl (C=O) groups is 3. The molecule has 0 aromatic heterocycles. The first-order valence-corrected chi connectivity index (χ1v) is 10.5. The number of ether oxygens (including phenoxy) is 3. The highest BCUT2D eigenvalue weighted by Crippen LogP contribution is 2.25. The number of carboxylic acid groups (broad SMARTS) is 2. The molecule has 1 aliphatic rings. The van der Waals surface area contributed by atoms with Crippen LogP contribution in [0.2, 0.25) is 0 Å². The average Bonchev–Trinajstić information content (AvgIpc) is 2.84. The Balaban J connectivity index is 0.000000572. The number of hydrogen-bond donors (Lipinski definition) is 3. The molecule has 0 bridgehead atoms. The van der Waals surface area contributed by atoms with Gasteiger partial charge in [0.15, 0.2) is 0 Å². The van der Waals surface area contributed by atoms with E-state index in [-0.39, 0.29) is 17.6 Å². The number of benzene rings is 2. The number of aliphatic carboxylic acids is 1. The van der Waals surface area contributed by atoms with Crippen LogP contribution in [0.4, 0.5) is 24.5 Å². The summed E-state index contributed by atoms with van der Waals surface area (Å²) in [6, 6.07) is 11.5. The molecular formula is C23H25F3N2O8. The Bertz CT molecular complexity index is 1050. The summed E-state index contributed by atoms with van der Waals surface area (Å²) in [6.45, 7) is 2.07. The number of anilines is 2. The monoisotopic (exact) mass is 514 g/mol. The topological polar surface area (TPSA) is 135 Å². The smallest absolute Gasteiger partial charge is 0.490 e. The molecule has 1 amide bonds. The highest BCUT2D eigenvalue weighted by Gasteiger charge is 2.38. The van der Waals surface area contributed by atoms with Crippen LogP contribution in [0.3, 0.4) is 0 Å². The molecule has 13 heteroatoms. The number of likely N-dealkylation sites (N-methyl/N-ethyl adjacent to an activating group) is 1. The highest BCUT2D eigenvalue weighted by molar-refractivity contribution is 6.05. The second-order valence-electron chi connectivity index (χ2n) is 7.47. The fourth-order valence-corrected chi connectivity index (χ4v) is 3.11. The van der Waals surface area contributed by atoms with Gasteiger partial charge in [-0.25, -0.2) is 9.59 Å². The molecular weight excluding hydrogens is 489 g/mol. The number of halogens is 3. The van der Waals surface area contributed by atoms with Crippen LogP contribution in [0.1, 0.15) is 20.7 Å². The van der Waals surface area contributed by atoms with E-state index in [2.05, 4.69) is 5.32 Å². The van der Waals surface area contributed by atoms with Crippen LogP contribution in [0, 0.1) is 0 Å². The molecule has 3 N–H and O–H groups in total. The van der Waals surface area contributed by atoms with Crippen molar-refractivity contribution in [2.75, 3.05) is 50.7 Å². The molecule has 1 aliphatic heterocycles. The zero-order valence-corrected chi connectivity index (χ0v) is 19.4. The van der Waals surface area contributed by atoms with Crippen molar-refractivity contribution in [2.45, 2.75) is 12.3 Å². The number of methoxy groups -OCH3 is 1. The second-order valence-corrected chi connectivity index (χ2v) is 7.47. The lowest BCUT2D eigenvalue weighted by Crippen LogP contribution is -2.38. The van der Waals surface area contributed by atoms with Gasteiger partial charge < -0.3 is 34.6 Å². The number of alkyl halides is 3. The van der Waals surface area contributed by atoms with Crippen LogP contribution < -0.4 is 15.0 Å². The van der Waals surface area contributed by atoms with Gasteiger partial charge in [-0.1, -0.05) is 0 Å². The van der Waals surface area contributed by atoms with E-state index in [9.17, 15) is 27.9 Å².